The van der Waals surface area contributed by atoms with E-state index in [0.717, 1.165) is 16.6 Å². The molecule has 0 spiro atoms. The van der Waals surface area contributed by atoms with E-state index in [0.29, 0.717) is 17.2 Å². The van der Waals surface area contributed by atoms with E-state index in [9.17, 15) is 17.6 Å². The van der Waals surface area contributed by atoms with E-state index < -0.39 is 27.8 Å². The van der Waals surface area contributed by atoms with Crippen LogP contribution in [0.2, 0.25) is 0 Å². The van der Waals surface area contributed by atoms with Crippen LogP contribution in [-0.2, 0) is 14.8 Å². The van der Waals surface area contributed by atoms with E-state index in [2.05, 4.69) is 5.32 Å². The number of ether oxygens (including phenoxy) is 2. The summed E-state index contributed by atoms with van der Waals surface area (Å²) in [5.41, 5.74) is 0.500. The molecule has 2 aromatic rings. The zero-order valence-corrected chi connectivity index (χ0v) is 14.9. The fraction of sp³-hybridized carbons (Fsp3) is 0.235. The van der Waals surface area contributed by atoms with E-state index in [-0.39, 0.29) is 12.5 Å². The Balaban J connectivity index is 1.84. The summed E-state index contributed by atoms with van der Waals surface area (Å²) in [6.45, 7) is 1.53. The monoisotopic (exact) mass is 380 g/mol. The third-order valence-electron chi connectivity index (χ3n) is 3.79. The van der Waals surface area contributed by atoms with Crippen molar-refractivity contribution in [2.24, 2.45) is 0 Å². The van der Waals surface area contributed by atoms with Gasteiger partial charge >= 0.3 is 0 Å². The lowest BCUT2D eigenvalue weighted by Crippen LogP contribution is -2.45. The Labute approximate surface area is 150 Å². The largest absolute Gasteiger partial charge is 0.454 e. The van der Waals surface area contributed by atoms with E-state index in [4.69, 9.17) is 9.47 Å². The van der Waals surface area contributed by atoms with Crippen LogP contribution in [-0.4, -0.2) is 33.4 Å². The number of carbonyl (C=O) groups excluding carboxylic acids is 1. The van der Waals surface area contributed by atoms with Crippen molar-refractivity contribution in [2.45, 2.75) is 13.0 Å². The highest BCUT2D eigenvalue weighted by molar-refractivity contribution is 7.92. The molecule has 0 aromatic heterocycles. The van der Waals surface area contributed by atoms with Gasteiger partial charge in [-0.1, -0.05) is 6.07 Å². The molecule has 2 aromatic carbocycles. The molecule has 26 heavy (non-hydrogen) atoms. The predicted molar refractivity (Wildman–Crippen MR) is 94.4 cm³/mol. The highest BCUT2D eigenvalue weighted by Crippen LogP contribution is 2.34. The maximum Gasteiger partial charge on any atom is 0.247 e. The van der Waals surface area contributed by atoms with Gasteiger partial charge in [-0.3, -0.25) is 9.10 Å². The van der Waals surface area contributed by atoms with Crippen LogP contribution in [0.4, 0.5) is 15.8 Å². The van der Waals surface area contributed by atoms with Crippen LogP contribution < -0.4 is 19.1 Å². The zero-order chi connectivity index (χ0) is 18.9. The van der Waals surface area contributed by atoms with Gasteiger partial charge in [-0.15, -0.1) is 0 Å². The number of nitrogens with one attached hydrogen (secondary N) is 1. The standard InChI is InChI=1S/C17H17FN2O5S/c1-11(20(26(2,22)23)14-5-3-4-12(18)8-14)17(21)19-13-6-7-15-16(9-13)25-10-24-15/h3-9,11H,10H2,1-2H3,(H,19,21)/t11-/m0/s1. The van der Waals surface area contributed by atoms with Crippen LogP contribution in [0.3, 0.4) is 0 Å². The fourth-order valence-electron chi connectivity index (χ4n) is 2.64. The third-order valence-corrected chi connectivity index (χ3v) is 5.03. The third kappa shape index (κ3) is 3.72. The van der Waals surface area contributed by atoms with Gasteiger partial charge in [0.05, 0.1) is 11.9 Å². The molecule has 1 aliphatic rings. The number of fused-ring (bicyclic) bond motifs is 1. The molecule has 9 heteroatoms. The van der Waals surface area contributed by atoms with Crippen LogP contribution in [0.5, 0.6) is 11.5 Å². The second-order valence-electron chi connectivity index (χ2n) is 5.77. The quantitative estimate of drug-likeness (QED) is 0.861. The number of rotatable bonds is 5. The fourth-order valence-corrected chi connectivity index (χ4v) is 3.81. The molecule has 0 fully saturated rings. The molecule has 7 nitrogen and oxygen atoms in total. The van der Waals surface area contributed by atoms with Gasteiger partial charge in [-0.25, -0.2) is 12.8 Å². The minimum Gasteiger partial charge on any atom is -0.454 e. The first kappa shape index (κ1) is 18.0. The number of halogens is 1. The maximum atomic E-state index is 13.5. The lowest BCUT2D eigenvalue weighted by atomic mass is 10.2. The first-order valence-electron chi connectivity index (χ1n) is 7.71. The average Bonchev–Trinajstić information content (AvgIpc) is 3.01. The Bertz CT molecular complexity index is 948. The van der Waals surface area contributed by atoms with Gasteiger partial charge in [0.25, 0.3) is 0 Å². The number of sulfonamides is 1. The molecule has 3 rings (SSSR count). The van der Waals surface area contributed by atoms with Crippen LogP contribution >= 0.6 is 0 Å². The van der Waals surface area contributed by atoms with Crippen molar-refractivity contribution in [1.29, 1.82) is 0 Å². The number of hydrogen-bond acceptors (Lipinski definition) is 5. The molecule has 0 saturated heterocycles. The molecule has 0 radical (unpaired) electrons. The molecule has 138 valence electrons. The Morgan fingerprint density at radius 3 is 2.62 bits per heavy atom. The van der Waals surface area contributed by atoms with Crippen molar-refractivity contribution in [2.75, 3.05) is 22.7 Å². The molecular weight excluding hydrogens is 363 g/mol. The van der Waals surface area contributed by atoms with E-state index >= 15 is 0 Å². The zero-order valence-electron chi connectivity index (χ0n) is 14.1. The minimum atomic E-state index is -3.82. The van der Waals surface area contributed by atoms with Crippen molar-refractivity contribution in [3.8, 4) is 11.5 Å². The Hall–Kier alpha value is -2.81. The topological polar surface area (TPSA) is 84.9 Å². The molecule has 1 N–H and O–H groups in total. The summed E-state index contributed by atoms with van der Waals surface area (Å²) in [7, 11) is -3.82. The molecular formula is C17H17FN2O5S. The van der Waals surface area contributed by atoms with Gasteiger partial charge in [0.15, 0.2) is 11.5 Å². The summed E-state index contributed by atoms with van der Waals surface area (Å²) >= 11 is 0. The number of anilines is 2. The maximum absolute atomic E-state index is 13.5. The van der Waals surface area contributed by atoms with Crippen molar-refractivity contribution in [3.05, 3.63) is 48.3 Å². The number of nitrogens with zero attached hydrogens (tertiary/aromatic N) is 1. The molecule has 1 aliphatic heterocycles. The smallest absolute Gasteiger partial charge is 0.247 e. The van der Waals surface area contributed by atoms with E-state index in [1.807, 2.05) is 0 Å². The molecule has 0 aliphatic carbocycles. The molecule has 0 saturated carbocycles. The van der Waals surface area contributed by atoms with Gasteiger partial charge in [0, 0.05) is 11.8 Å². The molecule has 0 unspecified atom stereocenters. The highest BCUT2D eigenvalue weighted by atomic mass is 32.2. The minimum absolute atomic E-state index is 0.0702. The normalized spacial score (nSPS) is 14.0. The summed E-state index contributed by atoms with van der Waals surface area (Å²) in [4.78, 5) is 12.6. The van der Waals surface area contributed by atoms with Gasteiger partial charge < -0.3 is 14.8 Å². The molecule has 1 heterocycles. The van der Waals surface area contributed by atoms with E-state index in [1.165, 1.54) is 25.1 Å². The van der Waals surface area contributed by atoms with Crippen LogP contribution in [0, 0.1) is 5.82 Å². The summed E-state index contributed by atoms with van der Waals surface area (Å²) in [6.07, 6.45) is 0.961. The summed E-state index contributed by atoms with van der Waals surface area (Å²) in [5.74, 6) is -0.118. The van der Waals surface area contributed by atoms with Crippen molar-refractivity contribution in [1.82, 2.24) is 0 Å². The lowest BCUT2D eigenvalue weighted by molar-refractivity contribution is -0.116. The van der Waals surface area contributed by atoms with E-state index in [1.54, 1.807) is 18.2 Å². The SMILES string of the molecule is C[C@@H](C(=O)Nc1ccc2c(c1)OCO2)N(c1cccc(F)c1)S(C)(=O)=O. The summed E-state index contributed by atoms with van der Waals surface area (Å²) in [5, 5.41) is 2.63. The Kier molecular flexibility index (Phi) is 4.73. The Morgan fingerprint density at radius 2 is 1.92 bits per heavy atom. The van der Waals surface area contributed by atoms with Gasteiger partial charge in [-0.05, 0) is 37.3 Å². The van der Waals surface area contributed by atoms with Crippen molar-refractivity contribution in [3.63, 3.8) is 0 Å². The highest BCUT2D eigenvalue weighted by Gasteiger charge is 2.29. The number of carbonyl (C=O) groups is 1. The average molecular weight is 380 g/mol. The molecule has 0 bridgehead atoms. The number of hydrogen-bond donors (Lipinski definition) is 1. The van der Waals surface area contributed by atoms with Crippen LogP contribution in [0.15, 0.2) is 42.5 Å². The van der Waals surface area contributed by atoms with Crippen molar-refractivity contribution < 1.29 is 27.1 Å². The first-order chi connectivity index (χ1) is 12.3. The Morgan fingerprint density at radius 1 is 1.19 bits per heavy atom. The second kappa shape index (κ2) is 6.83. The summed E-state index contributed by atoms with van der Waals surface area (Å²) < 4.78 is 49.2. The van der Waals surface area contributed by atoms with Crippen molar-refractivity contribution >= 4 is 27.3 Å². The van der Waals surface area contributed by atoms with Gasteiger partial charge in [-0.2, -0.15) is 0 Å². The number of benzene rings is 2. The first-order valence-corrected chi connectivity index (χ1v) is 9.56. The van der Waals surface area contributed by atoms with Crippen LogP contribution in [0.1, 0.15) is 6.92 Å². The van der Waals surface area contributed by atoms with Crippen LogP contribution in [0.25, 0.3) is 0 Å². The number of amides is 1. The van der Waals surface area contributed by atoms with Gasteiger partial charge in [0.1, 0.15) is 11.9 Å². The summed E-state index contributed by atoms with van der Waals surface area (Å²) in [6, 6.07) is 8.80. The second-order valence-corrected chi connectivity index (χ2v) is 7.63. The molecule has 1 atom stereocenters. The molecule has 1 amide bonds. The predicted octanol–water partition coefficient (Wildman–Crippen LogP) is 2.35. The van der Waals surface area contributed by atoms with Gasteiger partial charge in [0.2, 0.25) is 22.7 Å². The lowest BCUT2D eigenvalue weighted by Gasteiger charge is -2.28.